The Bertz CT molecular complexity index is 376. The van der Waals surface area contributed by atoms with E-state index in [0.717, 1.165) is 18.8 Å². The lowest BCUT2D eigenvalue weighted by Crippen LogP contribution is -2.55. The van der Waals surface area contributed by atoms with E-state index in [4.69, 9.17) is 4.74 Å². The summed E-state index contributed by atoms with van der Waals surface area (Å²) in [6.07, 6.45) is 4.01. The minimum absolute atomic E-state index is 0.692. The maximum atomic E-state index is 5.21. The number of fused-ring (bicyclic) bond motifs is 1. The van der Waals surface area contributed by atoms with Crippen LogP contribution in [-0.2, 0) is 0 Å². The number of benzene rings is 1. The van der Waals surface area contributed by atoms with Crippen LogP contribution in [0.4, 0.5) is 5.69 Å². The number of rotatable bonds is 2. The molecule has 1 heterocycles. The normalized spacial score (nSPS) is 27.9. The molecule has 0 radical (unpaired) electrons. The molecule has 0 aromatic heterocycles. The third-order valence-corrected chi connectivity index (χ3v) is 4.04. The van der Waals surface area contributed by atoms with Gasteiger partial charge in [-0.2, -0.15) is 0 Å². The summed E-state index contributed by atoms with van der Waals surface area (Å²) >= 11 is 0. The Morgan fingerprint density at radius 2 is 2.06 bits per heavy atom. The number of piperazine rings is 1. The molecule has 1 saturated heterocycles. The maximum Gasteiger partial charge on any atom is 0.119 e. The van der Waals surface area contributed by atoms with E-state index in [9.17, 15) is 0 Å². The molecule has 1 saturated carbocycles. The number of ether oxygens (including phenoxy) is 1. The van der Waals surface area contributed by atoms with Crippen molar-refractivity contribution in [1.29, 1.82) is 0 Å². The summed E-state index contributed by atoms with van der Waals surface area (Å²) in [5.41, 5.74) is 1.34. The SMILES string of the molecule is COc1ccc(N2CCNC3CCCC32)cc1. The summed E-state index contributed by atoms with van der Waals surface area (Å²) in [5, 5.41) is 3.64. The highest BCUT2D eigenvalue weighted by molar-refractivity contribution is 5.51. The van der Waals surface area contributed by atoms with Gasteiger partial charge in [0.1, 0.15) is 5.75 Å². The van der Waals surface area contributed by atoms with Gasteiger partial charge in [0.05, 0.1) is 7.11 Å². The molecule has 1 aromatic carbocycles. The zero-order valence-electron chi connectivity index (χ0n) is 10.4. The van der Waals surface area contributed by atoms with Crippen LogP contribution in [0.5, 0.6) is 5.75 Å². The van der Waals surface area contributed by atoms with Crippen LogP contribution in [0.25, 0.3) is 0 Å². The minimum atomic E-state index is 0.692. The highest BCUT2D eigenvalue weighted by atomic mass is 16.5. The fourth-order valence-corrected chi connectivity index (χ4v) is 3.18. The van der Waals surface area contributed by atoms with E-state index in [1.165, 1.54) is 24.9 Å². The van der Waals surface area contributed by atoms with Crippen LogP contribution >= 0.6 is 0 Å². The van der Waals surface area contributed by atoms with E-state index in [1.807, 2.05) is 0 Å². The molecule has 17 heavy (non-hydrogen) atoms. The molecule has 2 aliphatic rings. The molecule has 0 amide bonds. The van der Waals surface area contributed by atoms with Crippen LogP contribution in [0.2, 0.25) is 0 Å². The van der Waals surface area contributed by atoms with Crippen LogP contribution in [-0.4, -0.2) is 32.3 Å². The van der Waals surface area contributed by atoms with Gasteiger partial charge in [-0.25, -0.2) is 0 Å². The molecule has 92 valence electrons. The van der Waals surface area contributed by atoms with Crippen molar-refractivity contribution in [3.05, 3.63) is 24.3 Å². The van der Waals surface area contributed by atoms with Gasteiger partial charge in [0.15, 0.2) is 0 Å². The zero-order valence-corrected chi connectivity index (χ0v) is 10.4. The number of methoxy groups -OCH3 is 1. The van der Waals surface area contributed by atoms with Gasteiger partial charge in [-0.05, 0) is 43.5 Å². The fraction of sp³-hybridized carbons (Fsp3) is 0.571. The first-order valence-corrected chi connectivity index (χ1v) is 6.52. The van der Waals surface area contributed by atoms with Crippen molar-refractivity contribution < 1.29 is 4.74 Å². The van der Waals surface area contributed by atoms with Crippen LogP contribution in [0, 0.1) is 0 Å². The molecule has 3 rings (SSSR count). The molecule has 1 aromatic rings. The maximum absolute atomic E-state index is 5.21. The lowest BCUT2D eigenvalue weighted by atomic mass is 10.1. The van der Waals surface area contributed by atoms with Crippen molar-refractivity contribution >= 4 is 5.69 Å². The van der Waals surface area contributed by atoms with Gasteiger partial charge in [-0.1, -0.05) is 0 Å². The van der Waals surface area contributed by atoms with E-state index < -0.39 is 0 Å². The van der Waals surface area contributed by atoms with Gasteiger partial charge < -0.3 is 15.0 Å². The number of hydrogen-bond donors (Lipinski definition) is 1. The Labute approximate surface area is 103 Å². The molecular weight excluding hydrogens is 212 g/mol. The standard InChI is InChI=1S/C14H20N2O/c1-17-12-7-5-11(6-8-12)16-10-9-15-13-3-2-4-14(13)16/h5-8,13-15H,2-4,9-10H2,1H3. The van der Waals surface area contributed by atoms with Gasteiger partial charge >= 0.3 is 0 Å². The molecule has 1 aliphatic heterocycles. The van der Waals surface area contributed by atoms with Gasteiger partial charge in [0, 0.05) is 30.9 Å². The third-order valence-electron chi connectivity index (χ3n) is 4.04. The van der Waals surface area contributed by atoms with Crippen molar-refractivity contribution in [2.24, 2.45) is 0 Å². The second-order valence-corrected chi connectivity index (χ2v) is 4.95. The average Bonchev–Trinajstić information content (AvgIpc) is 2.87. The summed E-state index contributed by atoms with van der Waals surface area (Å²) in [6, 6.07) is 9.87. The van der Waals surface area contributed by atoms with E-state index in [2.05, 4.69) is 34.5 Å². The molecule has 0 bridgehead atoms. The zero-order chi connectivity index (χ0) is 11.7. The Kier molecular flexibility index (Phi) is 2.93. The van der Waals surface area contributed by atoms with Gasteiger partial charge in [-0.15, -0.1) is 0 Å². The first kappa shape index (κ1) is 10.9. The molecule has 2 fully saturated rings. The second kappa shape index (κ2) is 4.57. The number of anilines is 1. The summed E-state index contributed by atoms with van der Waals surface area (Å²) < 4.78 is 5.21. The van der Waals surface area contributed by atoms with Crippen molar-refractivity contribution in [1.82, 2.24) is 5.32 Å². The molecule has 3 heteroatoms. The second-order valence-electron chi connectivity index (χ2n) is 4.95. The Hall–Kier alpha value is -1.22. The first-order chi connectivity index (χ1) is 8.38. The van der Waals surface area contributed by atoms with Crippen LogP contribution in [0.3, 0.4) is 0 Å². The predicted molar refractivity (Wildman–Crippen MR) is 69.8 cm³/mol. The van der Waals surface area contributed by atoms with Crippen molar-refractivity contribution in [3.63, 3.8) is 0 Å². The fourth-order valence-electron chi connectivity index (χ4n) is 3.18. The van der Waals surface area contributed by atoms with E-state index >= 15 is 0 Å². The quantitative estimate of drug-likeness (QED) is 0.844. The van der Waals surface area contributed by atoms with Gasteiger partial charge in [0.25, 0.3) is 0 Å². The van der Waals surface area contributed by atoms with Crippen molar-refractivity contribution in [3.8, 4) is 5.75 Å². The van der Waals surface area contributed by atoms with Gasteiger partial charge in [0.2, 0.25) is 0 Å². The summed E-state index contributed by atoms with van der Waals surface area (Å²) in [5.74, 6) is 0.937. The van der Waals surface area contributed by atoms with E-state index in [0.29, 0.717) is 12.1 Å². The lowest BCUT2D eigenvalue weighted by molar-refractivity contribution is 0.402. The summed E-state index contributed by atoms with van der Waals surface area (Å²) in [6.45, 7) is 2.22. The summed E-state index contributed by atoms with van der Waals surface area (Å²) in [4.78, 5) is 2.56. The molecule has 0 spiro atoms. The Morgan fingerprint density at radius 3 is 2.82 bits per heavy atom. The van der Waals surface area contributed by atoms with E-state index in [-0.39, 0.29) is 0 Å². The predicted octanol–water partition coefficient (Wildman–Crippen LogP) is 2.03. The Morgan fingerprint density at radius 1 is 1.24 bits per heavy atom. The first-order valence-electron chi connectivity index (χ1n) is 6.52. The topological polar surface area (TPSA) is 24.5 Å². The van der Waals surface area contributed by atoms with Crippen LogP contribution in [0.15, 0.2) is 24.3 Å². The number of nitrogens with zero attached hydrogens (tertiary/aromatic N) is 1. The van der Waals surface area contributed by atoms with Crippen molar-refractivity contribution in [2.75, 3.05) is 25.1 Å². The van der Waals surface area contributed by atoms with E-state index in [1.54, 1.807) is 7.11 Å². The van der Waals surface area contributed by atoms with Crippen molar-refractivity contribution in [2.45, 2.75) is 31.3 Å². The minimum Gasteiger partial charge on any atom is -0.497 e. The smallest absolute Gasteiger partial charge is 0.119 e. The molecular formula is C14H20N2O. The molecule has 2 atom stereocenters. The number of nitrogens with one attached hydrogen (secondary N) is 1. The summed E-state index contributed by atoms with van der Waals surface area (Å²) in [7, 11) is 1.72. The monoisotopic (exact) mass is 232 g/mol. The highest BCUT2D eigenvalue weighted by Crippen LogP contribution is 2.31. The molecule has 1 N–H and O–H groups in total. The van der Waals surface area contributed by atoms with Crippen LogP contribution in [0.1, 0.15) is 19.3 Å². The number of hydrogen-bond acceptors (Lipinski definition) is 3. The average molecular weight is 232 g/mol. The largest absolute Gasteiger partial charge is 0.497 e. The third kappa shape index (κ3) is 2.00. The molecule has 1 aliphatic carbocycles. The highest BCUT2D eigenvalue weighted by Gasteiger charge is 2.34. The lowest BCUT2D eigenvalue weighted by Gasteiger charge is -2.40. The van der Waals surface area contributed by atoms with Crippen LogP contribution < -0.4 is 15.0 Å². The molecule has 2 unspecified atom stereocenters. The Balaban J connectivity index is 1.81. The van der Waals surface area contributed by atoms with Gasteiger partial charge in [-0.3, -0.25) is 0 Å². The molecule has 3 nitrogen and oxygen atoms in total.